The standard InChI is InChI=1S/C29H37N3S2/c1-22-9-8-10-24(21-22)23-17-19-32(20-18-23)28-12-7-6-11-27(28)30-33-26-15-13-25(14-16-26)29(2,3)34-31(4)5/h6-16,21,23,30H,17-20H2,1-5H3. The third kappa shape index (κ3) is 6.32. The predicted molar refractivity (Wildman–Crippen MR) is 152 cm³/mol. The summed E-state index contributed by atoms with van der Waals surface area (Å²) in [6.45, 7) is 8.92. The minimum Gasteiger partial charge on any atom is -0.370 e. The first-order valence-electron chi connectivity index (χ1n) is 12.1. The zero-order valence-electron chi connectivity index (χ0n) is 21.0. The summed E-state index contributed by atoms with van der Waals surface area (Å²) in [4.78, 5) is 3.77. The quantitative estimate of drug-likeness (QED) is 0.321. The van der Waals surface area contributed by atoms with Crippen molar-refractivity contribution in [2.24, 2.45) is 0 Å². The summed E-state index contributed by atoms with van der Waals surface area (Å²) in [5.74, 6) is 0.666. The Kier molecular flexibility index (Phi) is 8.18. The van der Waals surface area contributed by atoms with Gasteiger partial charge in [-0.05, 0) is 101 Å². The van der Waals surface area contributed by atoms with Crippen molar-refractivity contribution in [3.05, 3.63) is 89.5 Å². The summed E-state index contributed by atoms with van der Waals surface area (Å²) in [5, 5.41) is 0. The van der Waals surface area contributed by atoms with E-state index < -0.39 is 0 Å². The monoisotopic (exact) mass is 491 g/mol. The molecule has 0 aliphatic carbocycles. The van der Waals surface area contributed by atoms with Gasteiger partial charge in [0.2, 0.25) is 0 Å². The van der Waals surface area contributed by atoms with Gasteiger partial charge in [0.05, 0.1) is 11.4 Å². The van der Waals surface area contributed by atoms with E-state index in [1.165, 1.54) is 45.8 Å². The van der Waals surface area contributed by atoms with Gasteiger partial charge in [0.25, 0.3) is 0 Å². The average Bonchev–Trinajstić information content (AvgIpc) is 2.82. The summed E-state index contributed by atoms with van der Waals surface area (Å²) >= 11 is 3.54. The van der Waals surface area contributed by atoms with E-state index in [2.05, 4.69) is 122 Å². The summed E-state index contributed by atoms with van der Waals surface area (Å²) < 4.78 is 5.85. The van der Waals surface area contributed by atoms with E-state index in [-0.39, 0.29) is 4.75 Å². The lowest BCUT2D eigenvalue weighted by atomic mass is 9.88. The molecule has 0 atom stereocenters. The van der Waals surface area contributed by atoms with Gasteiger partial charge in [0, 0.05) is 22.7 Å². The molecular weight excluding hydrogens is 454 g/mol. The van der Waals surface area contributed by atoms with Crippen molar-refractivity contribution >= 4 is 35.3 Å². The lowest BCUT2D eigenvalue weighted by Gasteiger charge is -2.35. The van der Waals surface area contributed by atoms with E-state index in [1.54, 1.807) is 11.9 Å². The zero-order chi connectivity index (χ0) is 24.1. The Morgan fingerprint density at radius 3 is 2.29 bits per heavy atom. The molecule has 1 aliphatic heterocycles. The molecule has 0 saturated carbocycles. The lowest BCUT2D eigenvalue weighted by Crippen LogP contribution is -2.33. The second-order valence-electron chi connectivity index (χ2n) is 9.84. The first kappa shape index (κ1) is 25.0. The van der Waals surface area contributed by atoms with Gasteiger partial charge in [0.1, 0.15) is 0 Å². The first-order valence-corrected chi connectivity index (χ1v) is 13.7. The van der Waals surface area contributed by atoms with Crippen molar-refractivity contribution in [1.29, 1.82) is 0 Å². The largest absolute Gasteiger partial charge is 0.370 e. The summed E-state index contributed by atoms with van der Waals surface area (Å²) in [5.41, 5.74) is 6.69. The summed E-state index contributed by atoms with van der Waals surface area (Å²) in [6.07, 6.45) is 2.40. The van der Waals surface area contributed by atoms with Gasteiger partial charge >= 0.3 is 0 Å². The fourth-order valence-corrected chi connectivity index (χ4v) is 6.59. The smallest absolute Gasteiger partial charge is 0.0679 e. The number of anilines is 2. The summed E-state index contributed by atoms with van der Waals surface area (Å²) in [7, 11) is 4.20. The molecule has 0 amide bonds. The average molecular weight is 492 g/mol. The Bertz CT molecular complexity index is 1070. The van der Waals surface area contributed by atoms with Crippen molar-refractivity contribution in [3.63, 3.8) is 0 Å². The van der Waals surface area contributed by atoms with Gasteiger partial charge in [-0.25, -0.2) is 0 Å². The number of hydrogen-bond donors (Lipinski definition) is 1. The maximum atomic E-state index is 3.63. The molecule has 1 fully saturated rings. The van der Waals surface area contributed by atoms with Crippen LogP contribution in [0, 0.1) is 6.92 Å². The van der Waals surface area contributed by atoms with Crippen LogP contribution in [0.15, 0.2) is 77.7 Å². The highest BCUT2D eigenvalue weighted by atomic mass is 32.2. The molecule has 0 radical (unpaired) electrons. The van der Waals surface area contributed by atoms with Crippen LogP contribution < -0.4 is 9.62 Å². The third-order valence-electron chi connectivity index (χ3n) is 6.49. The first-order chi connectivity index (χ1) is 16.3. The van der Waals surface area contributed by atoms with Gasteiger partial charge in [-0.3, -0.25) is 4.31 Å². The Labute approximate surface area is 214 Å². The normalized spacial score (nSPS) is 15.1. The van der Waals surface area contributed by atoms with E-state index in [0.717, 1.165) is 13.1 Å². The maximum absolute atomic E-state index is 3.63. The van der Waals surface area contributed by atoms with Gasteiger partial charge in [-0.1, -0.05) is 66.0 Å². The van der Waals surface area contributed by atoms with Crippen molar-refractivity contribution in [3.8, 4) is 0 Å². The second kappa shape index (κ2) is 11.1. The molecular formula is C29H37N3S2. The number of aryl methyl sites for hydroxylation is 1. The molecule has 1 saturated heterocycles. The zero-order valence-corrected chi connectivity index (χ0v) is 22.7. The number of hydrogen-bond acceptors (Lipinski definition) is 5. The number of piperidine rings is 1. The van der Waals surface area contributed by atoms with Crippen LogP contribution in [0.4, 0.5) is 11.4 Å². The maximum Gasteiger partial charge on any atom is 0.0679 e. The van der Waals surface area contributed by atoms with Crippen molar-refractivity contribution in [2.45, 2.75) is 49.2 Å². The van der Waals surface area contributed by atoms with Crippen molar-refractivity contribution < 1.29 is 0 Å². The fraction of sp³-hybridized carbons (Fsp3) is 0.379. The molecule has 0 spiro atoms. The van der Waals surface area contributed by atoms with E-state index in [0.29, 0.717) is 5.92 Å². The molecule has 5 heteroatoms. The van der Waals surface area contributed by atoms with Crippen LogP contribution in [0.5, 0.6) is 0 Å². The Hall–Kier alpha value is -2.08. The molecule has 0 aromatic heterocycles. The lowest BCUT2D eigenvalue weighted by molar-refractivity contribution is 0.505. The molecule has 34 heavy (non-hydrogen) atoms. The van der Waals surface area contributed by atoms with Gasteiger partial charge in [0.15, 0.2) is 0 Å². The third-order valence-corrected chi connectivity index (χ3v) is 8.38. The molecule has 4 rings (SSSR count). The SMILES string of the molecule is Cc1cccc(C2CCN(c3ccccc3NSc3ccc(C(C)(C)SN(C)C)cc3)CC2)c1. The van der Waals surface area contributed by atoms with Crippen LogP contribution in [0.25, 0.3) is 0 Å². The Morgan fingerprint density at radius 2 is 1.62 bits per heavy atom. The van der Waals surface area contributed by atoms with Gasteiger partial charge in [-0.15, -0.1) is 0 Å². The molecule has 3 aromatic rings. The number of rotatable bonds is 8. The van der Waals surface area contributed by atoms with Crippen LogP contribution in [0.3, 0.4) is 0 Å². The molecule has 180 valence electrons. The molecule has 3 aromatic carbocycles. The van der Waals surface area contributed by atoms with E-state index in [4.69, 9.17) is 0 Å². The van der Waals surface area contributed by atoms with Crippen LogP contribution in [0.2, 0.25) is 0 Å². The minimum absolute atomic E-state index is 0.0529. The van der Waals surface area contributed by atoms with Gasteiger partial charge < -0.3 is 9.62 Å². The number of nitrogens with one attached hydrogen (secondary N) is 1. The van der Waals surface area contributed by atoms with Crippen molar-refractivity contribution in [1.82, 2.24) is 4.31 Å². The molecule has 0 bridgehead atoms. The highest BCUT2D eigenvalue weighted by molar-refractivity contribution is 8.00. The topological polar surface area (TPSA) is 18.5 Å². The molecule has 0 unspecified atom stereocenters. The molecule has 1 N–H and O–H groups in total. The Balaban J connectivity index is 1.38. The second-order valence-corrected chi connectivity index (χ2v) is 12.6. The minimum atomic E-state index is 0.0529. The van der Waals surface area contributed by atoms with Gasteiger partial charge in [-0.2, -0.15) is 0 Å². The fourth-order valence-electron chi connectivity index (χ4n) is 4.76. The van der Waals surface area contributed by atoms with E-state index in [1.807, 2.05) is 11.9 Å². The van der Waals surface area contributed by atoms with E-state index >= 15 is 0 Å². The number of para-hydroxylation sites is 2. The summed E-state index contributed by atoms with van der Waals surface area (Å²) in [6, 6.07) is 26.7. The highest BCUT2D eigenvalue weighted by Gasteiger charge is 2.23. The molecule has 1 aliphatic rings. The van der Waals surface area contributed by atoms with Crippen LogP contribution in [0.1, 0.15) is 49.3 Å². The van der Waals surface area contributed by atoms with E-state index in [9.17, 15) is 0 Å². The van der Waals surface area contributed by atoms with Crippen LogP contribution >= 0.6 is 23.9 Å². The number of benzene rings is 3. The number of nitrogens with zero attached hydrogens (tertiary/aromatic N) is 2. The van der Waals surface area contributed by atoms with Crippen molar-refractivity contribution in [2.75, 3.05) is 36.8 Å². The molecule has 3 nitrogen and oxygen atoms in total. The predicted octanol–water partition coefficient (Wildman–Crippen LogP) is 7.94. The molecule has 1 heterocycles. The highest BCUT2D eigenvalue weighted by Crippen LogP contribution is 2.38. The van der Waals surface area contributed by atoms with Crippen LogP contribution in [-0.2, 0) is 4.75 Å². The van der Waals surface area contributed by atoms with Crippen LogP contribution in [-0.4, -0.2) is 31.5 Å². The Morgan fingerprint density at radius 1 is 0.912 bits per heavy atom.